The molecule has 5 rings (SSSR count). The Hall–Kier alpha value is -3.62. The summed E-state index contributed by atoms with van der Waals surface area (Å²) in [5.74, 6) is -0.327. The van der Waals surface area contributed by atoms with Crippen LogP contribution in [0.15, 0.2) is 83.9 Å². The maximum Gasteiger partial charge on any atom is 0.323 e. The molecule has 1 N–H and O–H groups in total. The van der Waals surface area contributed by atoms with Crippen LogP contribution in [-0.2, 0) is 21.4 Å². The fraction of sp³-hybridized carbons (Fsp3) is 0.276. The molecule has 8 heteroatoms. The predicted molar refractivity (Wildman–Crippen MR) is 143 cm³/mol. The first kappa shape index (κ1) is 25.0. The lowest BCUT2D eigenvalue weighted by Gasteiger charge is -2.17. The van der Waals surface area contributed by atoms with Crippen LogP contribution in [0.4, 0.5) is 0 Å². The van der Waals surface area contributed by atoms with E-state index < -0.39 is 16.0 Å². The molecule has 4 aromatic rings. The molecule has 0 bridgehead atoms. The number of sulfonamides is 1. The second-order valence-corrected chi connectivity index (χ2v) is 11.6. The number of fused-ring (bicyclic) bond motifs is 1. The van der Waals surface area contributed by atoms with E-state index >= 15 is 0 Å². The fourth-order valence-corrected chi connectivity index (χ4v) is 6.55. The first-order valence-corrected chi connectivity index (χ1v) is 13.8. The van der Waals surface area contributed by atoms with Gasteiger partial charge < -0.3 is 14.4 Å². The lowest BCUT2D eigenvalue weighted by Crippen LogP contribution is -2.28. The highest BCUT2D eigenvalue weighted by Gasteiger charge is 2.34. The van der Waals surface area contributed by atoms with Gasteiger partial charge in [-0.3, -0.25) is 4.79 Å². The molecule has 1 fully saturated rings. The van der Waals surface area contributed by atoms with E-state index in [9.17, 15) is 18.3 Å². The second kappa shape index (κ2) is 10.0. The standard InChI is InChI=1S/C29H30N2O5S/c1-20(2)36-24-9-11-25(12-10-24)37(34,35)31-15-14-23(17-31)27-18-30(19-29(32)33)28-13-8-22(16-26(27)28)21-6-4-3-5-7-21/h3-13,16,18,20,23H,14-15,17,19H2,1-2H3,(H,32,33). The minimum absolute atomic E-state index is 0.00691. The van der Waals surface area contributed by atoms with Crippen molar-refractivity contribution in [2.75, 3.05) is 13.1 Å². The molecule has 0 amide bonds. The molecule has 1 unspecified atom stereocenters. The monoisotopic (exact) mass is 518 g/mol. The van der Waals surface area contributed by atoms with Gasteiger partial charge in [0.25, 0.3) is 0 Å². The van der Waals surface area contributed by atoms with Crippen molar-refractivity contribution in [3.8, 4) is 16.9 Å². The number of nitrogens with zero attached hydrogens (tertiary/aromatic N) is 2. The third kappa shape index (κ3) is 5.12. The van der Waals surface area contributed by atoms with Gasteiger partial charge in [-0.2, -0.15) is 4.31 Å². The highest BCUT2D eigenvalue weighted by Crippen LogP contribution is 2.37. The van der Waals surface area contributed by atoms with E-state index in [1.54, 1.807) is 28.8 Å². The molecule has 1 saturated heterocycles. The van der Waals surface area contributed by atoms with Gasteiger partial charge in [-0.1, -0.05) is 36.4 Å². The Morgan fingerprint density at radius 1 is 1.03 bits per heavy atom. The van der Waals surface area contributed by atoms with Crippen LogP contribution in [-0.4, -0.2) is 47.6 Å². The van der Waals surface area contributed by atoms with Gasteiger partial charge in [-0.05, 0) is 73.4 Å². The van der Waals surface area contributed by atoms with E-state index in [4.69, 9.17) is 4.74 Å². The Kier molecular flexibility index (Phi) is 6.79. The Balaban J connectivity index is 1.46. The average molecular weight is 519 g/mol. The molecule has 0 saturated carbocycles. The van der Waals surface area contributed by atoms with Crippen molar-refractivity contribution in [3.05, 3.63) is 84.6 Å². The second-order valence-electron chi connectivity index (χ2n) is 9.69. The maximum atomic E-state index is 13.4. The van der Waals surface area contributed by atoms with E-state index in [0.717, 1.165) is 27.6 Å². The molecule has 1 aromatic heterocycles. The van der Waals surface area contributed by atoms with Gasteiger partial charge in [0.05, 0.1) is 11.0 Å². The quantitative estimate of drug-likeness (QED) is 0.339. The fourth-order valence-electron chi connectivity index (χ4n) is 5.05. The van der Waals surface area contributed by atoms with E-state index in [2.05, 4.69) is 6.07 Å². The van der Waals surface area contributed by atoms with E-state index in [-0.39, 0.29) is 23.5 Å². The smallest absolute Gasteiger partial charge is 0.323 e. The Labute approximate surface area is 217 Å². The van der Waals surface area contributed by atoms with E-state index in [1.165, 1.54) is 4.31 Å². The molecule has 1 atom stereocenters. The van der Waals surface area contributed by atoms with Crippen LogP contribution in [0.5, 0.6) is 5.75 Å². The molecule has 0 radical (unpaired) electrons. The zero-order valence-electron chi connectivity index (χ0n) is 20.9. The molecule has 37 heavy (non-hydrogen) atoms. The van der Waals surface area contributed by atoms with E-state index in [1.807, 2.05) is 62.5 Å². The van der Waals surface area contributed by atoms with E-state index in [0.29, 0.717) is 25.3 Å². The highest BCUT2D eigenvalue weighted by molar-refractivity contribution is 7.89. The number of hydrogen-bond donors (Lipinski definition) is 1. The minimum Gasteiger partial charge on any atom is -0.491 e. The average Bonchev–Trinajstić information content (AvgIpc) is 3.50. The lowest BCUT2D eigenvalue weighted by atomic mass is 9.95. The zero-order chi connectivity index (χ0) is 26.2. The Morgan fingerprint density at radius 3 is 2.43 bits per heavy atom. The molecule has 1 aliphatic heterocycles. The zero-order valence-corrected chi connectivity index (χ0v) is 21.7. The van der Waals surface area contributed by atoms with Gasteiger partial charge in [0.15, 0.2) is 0 Å². The van der Waals surface area contributed by atoms with Crippen molar-refractivity contribution >= 4 is 26.9 Å². The van der Waals surface area contributed by atoms with Crippen LogP contribution in [0.1, 0.15) is 31.7 Å². The molecular formula is C29H30N2O5S. The molecule has 2 heterocycles. The molecular weight excluding hydrogens is 488 g/mol. The number of carbonyl (C=O) groups is 1. The van der Waals surface area contributed by atoms with Gasteiger partial charge >= 0.3 is 5.97 Å². The summed E-state index contributed by atoms with van der Waals surface area (Å²) in [6.07, 6.45) is 2.55. The molecule has 3 aromatic carbocycles. The van der Waals surface area contributed by atoms with Gasteiger partial charge in [-0.25, -0.2) is 8.42 Å². The summed E-state index contributed by atoms with van der Waals surface area (Å²) in [5.41, 5.74) is 3.92. The SMILES string of the molecule is CC(C)Oc1ccc(S(=O)(=O)N2CCC(c3cn(CC(=O)O)c4ccc(-c5ccccc5)cc34)C2)cc1. The number of aliphatic carboxylic acids is 1. The number of hydrogen-bond acceptors (Lipinski definition) is 4. The van der Waals surface area contributed by atoms with Gasteiger partial charge in [-0.15, -0.1) is 0 Å². The van der Waals surface area contributed by atoms with Crippen molar-refractivity contribution in [1.29, 1.82) is 0 Å². The van der Waals surface area contributed by atoms with Crippen LogP contribution in [0.25, 0.3) is 22.0 Å². The topological polar surface area (TPSA) is 88.8 Å². The van der Waals surface area contributed by atoms with Crippen LogP contribution in [0, 0.1) is 0 Å². The summed E-state index contributed by atoms with van der Waals surface area (Å²) >= 11 is 0. The third-order valence-corrected chi connectivity index (χ3v) is 8.63. The number of carboxylic acid groups (broad SMARTS) is 1. The van der Waals surface area contributed by atoms with Crippen molar-refractivity contribution in [2.24, 2.45) is 0 Å². The normalized spacial score (nSPS) is 16.5. The molecule has 7 nitrogen and oxygen atoms in total. The van der Waals surface area contributed by atoms with Crippen LogP contribution in [0.2, 0.25) is 0 Å². The molecule has 1 aliphatic rings. The first-order valence-electron chi connectivity index (χ1n) is 12.4. The van der Waals surface area contributed by atoms with Gasteiger partial charge in [0, 0.05) is 36.1 Å². The van der Waals surface area contributed by atoms with Crippen molar-refractivity contribution in [3.63, 3.8) is 0 Å². The summed E-state index contributed by atoms with van der Waals surface area (Å²) in [6.45, 7) is 4.44. The highest BCUT2D eigenvalue weighted by atomic mass is 32.2. The number of aromatic nitrogens is 1. The van der Waals surface area contributed by atoms with Crippen molar-refractivity contribution < 1.29 is 23.1 Å². The first-order chi connectivity index (χ1) is 17.7. The van der Waals surface area contributed by atoms with Crippen LogP contribution in [0.3, 0.4) is 0 Å². The summed E-state index contributed by atoms with van der Waals surface area (Å²) < 4.78 is 35.7. The van der Waals surface area contributed by atoms with Gasteiger partial charge in [0.2, 0.25) is 10.0 Å². The van der Waals surface area contributed by atoms with Gasteiger partial charge in [0.1, 0.15) is 12.3 Å². The van der Waals surface area contributed by atoms with Crippen LogP contribution >= 0.6 is 0 Å². The third-order valence-electron chi connectivity index (χ3n) is 6.75. The Morgan fingerprint density at radius 2 is 1.76 bits per heavy atom. The lowest BCUT2D eigenvalue weighted by molar-refractivity contribution is -0.137. The van der Waals surface area contributed by atoms with Crippen molar-refractivity contribution in [1.82, 2.24) is 8.87 Å². The summed E-state index contributed by atoms with van der Waals surface area (Å²) in [4.78, 5) is 11.8. The molecule has 0 spiro atoms. The predicted octanol–water partition coefficient (Wildman–Crippen LogP) is 5.36. The maximum absolute atomic E-state index is 13.4. The number of ether oxygens (including phenoxy) is 1. The number of benzene rings is 3. The minimum atomic E-state index is -3.66. The largest absolute Gasteiger partial charge is 0.491 e. The Bertz CT molecular complexity index is 1530. The molecule has 0 aliphatic carbocycles. The number of carboxylic acids is 1. The summed E-state index contributed by atoms with van der Waals surface area (Å²) in [5, 5.41) is 10.4. The van der Waals surface area contributed by atoms with Crippen molar-refractivity contribution in [2.45, 2.75) is 43.7 Å². The van der Waals surface area contributed by atoms with Crippen LogP contribution < -0.4 is 4.74 Å². The summed E-state index contributed by atoms with van der Waals surface area (Å²) in [7, 11) is -3.66. The number of rotatable bonds is 8. The molecule has 192 valence electrons. The summed E-state index contributed by atoms with van der Waals surface area (Å²) in [6, 6.07) is 22.6.